The maximum absolute atomic E-state index is 14.0. The first-order chi connectivity index (χ1) is 19.9. The largest absolute Gasteiger partial charge is 0.343 e. The van der Waals surface area contributed by atoms with Crippen LogP contribution in [-0.2, 0) is 20.8 Å². The van der Waals surface area contributed by atoms with Crippen molar-refractivity contribution in [3.05, 3.63) is 35.6 Å². The van der Waals surface area contributed by atoms with Gasteiger partial charge >= 0.3 is 0 Å². The van der Waals surface area contributed by atoms with E-state index in [4.69, 9.17) is 0 Å². The van der Waals surface area contributed by atoms with E-state index in [0.29, 0.717) is 62.7 Å². The molecule has 1 saturated carbocycles. The minimum Gasteiger partial charge on any atom is -0.343 e. The van der Waals surface area contributed by atoms with Crippen molar-refractivity contribution in [3.8, 4) is 0 Å². The van der Waals surface area contributed by atoms with Gasteiger partial charge in [0.05, 0.1) is 0 Å². The van der Waals surface area contributed by atoms with E-state index in [1.165, 1.54) is 31.4 Å². The van der Waals surface area contributed by atoms with Gasteiger partial charge in [0.2, 0.25) is 11.8 Å². The summed E-state index contributed by atoms with van der Waals surface area (Å²) in [6, 6.07) is 5.38. The second-order valence-electron chi connectivity index (χ2n) is 13.8. The maximum Gasteiger partial charge on any atom is 0.245 e. The van der Waals surface area contributed by atoms with Crippen LogP contribution in [0, 0.1) is 29.0 Å². The predicted molar refractivity (Wildman–Crippen MR) is 164 cm³/mol. The monoisotopic (exact) mass is 584 g/mol. The highest BCUT2D eigenvalue weighted by Crippen LogP contribution is 2.46. The molecule has 1 aromatic rings. The molecule has 1 aromatic carbocycles. The zero-order valence-electron chi connectivity index (χ0n) is 26.7. The summed E-state index contributed by atoms with van der Waals surface area (Å²) >= 11 is 0. The number of amides is 2. The molecule has 0 spiro atoms. The van der Waals surface area contributed by atoms with E-state index in [9.17, 15) is 18.8 Å². The van der Waals surface area contributed by atoms with Gasteiger partial charge in [0.1, 0.15) is 23.7 Å². The number of nitrogens with zero attached hydrogens (tertiary/aromatic N) is 3. The minimum atomic E-state index is -0.756. The lowest BCUT2D eigenvalue weighted by atomic mass is 9.62. The van der Waals surface area contributed by atoms with E-state index >= 15 is 0 Å². The molecular formula is C34H53FN4O3. The summed E-state index contributed by atoms with van der Waals surface area (Å²) in [6.45, 7) is 10.9. The van der Waals surface area contributed by atoms with Crippen LogP contribution in [0.25, 0.3) is 0 Å². The van der Waals surface area contributed by atoms with Crippen molar-refractivity contribution in [3.63, 3.8) is 0 Å². The van der Waals surface area contributed by atoms with Crippen molar-refractivity contribution in [2.45, 2.75) is 97.2 Å². The summed E-state index contributed by atoms with van der Waals surface area (Å²) in [6.07, 6.45) is 7.44. The number of likely N-dealkylation sites (tertiary alicyclic amines) is 1. The summed E-state index contributed by atoms with van der Waals surface area (Å²) in [7, 11) is 4.07. The molecule has 2 amide bonds. The number of ketones is 1. The van der Waals surface area contributed by atoms with Gasteiger partial charge in [-0.05, 0) is 82.2 Å². The van der Waals surface area contributed by atoms with E-state index in [1.807, 2.05) is 11.9 Å². The highest BCUT2D eigenvalue weighted by atomic mass is 19.1. The van der Waals surface area contributed by atoms with Gasteiger partial charge in [-0.2, -0.15) is 0 Å². The number of nitrogens with one attached hydrogen (secondary N) is 1. The van der Waals surface area contributed by atoms with Gasteiger partial charge in [-0.3, -0.25) is 24.2 Å². The molecule has 3 aliphatic rings. The number of carbonyl (C=O) groups excluding carboxylic acids is 3. The maximum atomic E-state index is 14.0. The second kappa shape index (κ2) is 14.0. The molecule has 2 aliphatic heterocycles. The van der Waals surface area contributed by atoms with Crippen molar-refractivity contribution in [2.24, 2.45) is 23.2 Å². The van der Waals surface area contributed by atoms with Crippen molar-refractivity contribution in [1.29, 1.82) is 0 Å². The summed E-state index contributed by atoms with van der Waals surface area (Å²) in [5.41, 5.74) is 0.457. The van der Waals surface area contributed by atoms with Crippen LogP contribution in [0.2, 0.25) is 0 Å². The Kier molecular flexibility index (Phi) is 10.8. The number of carbonyl (C=O) groups is 3. The topological polar surface area (TPSA) is 73.0 Å². The number of hydrogen-bond acceptors (Lipinski definition) is 5. The number of piperazine rings is 1. The Labute approximate surface area is 252 Å². The van der Waals surface area contributed by atoms with E-state index in [-0.39, 0.29) is 34.9 Å². The van der Waals surface area contributed by atoms with Crippen LogP contribution in [0.15, 0.2) is 24.3 Å². The first-order valence-corrected chi connectivity index (χ1v) is 16.2. The van der Waals surface area contributed by atoms with Crippen LogP contribution < -0.4 is 5.32 Å². The van der Waals surface area contributed by atoms with Gasteiger partial charge in [0.15, 0.2) is 0 Å². The van der Waals surface area contributed by atoms with Crippen LogP contribution in [0.5, 0.6) is 0 Å². The highest BCUT2D eigenvalue weighted by Gasteiger charge is 2.47. The van der Waals surface area contributed by atoms with Crippen molar-refractivity contribution in [1.82, 2.24) is 20.0 Å². The summed E-state index contributed by atoms with van der Waals surface area (Å²) < 4.78 is 13.7. The molecule has 2 unspecified atom stereocenters. The van der Waals surface area contributed by atoms with E-state index < -0.39 is 6.04 Å². The number of hydrogen-bond donors (Lipinski definition) is 1. The number of halogens is 1. The molecule has 3 fully saturated rings. The normalized spacial score (nSPS) is 25.7. The Hall–Kier alpha value is -2.32. The lowest BCUT2D eigenvalue weighted by molar-refractivity contribution is -0.145. The van der Waals surface area contributed by atoms with Crippen LogP contribution >= 0.6 is 0 Å². The van der Waals surface area contributed by atoms with Crippen LogP contribution in [-0.4, -0.2) is 90.7 Å². The average molecular weight is 585 g/mol. The summed E-state index contributed by atoms with van der Waals surface area (Å²) in [4.78, 5) is 47.0. The molecule has 42 heavy (non-hydrogen) atoms. The smallest absolute Gasteiger partial charge is 0.245 e. The first-order valence-electron chi connectivity index (χ1n) is 16.2. The Morgan fingerprint density at radius 1 is 0.952 bits per heavy atom. The average Bonchev–Trinajstić information content (AvgIpc) is 2.98. The number of benzene rings is 1. The van der Waals surface area contributed by atoms with Gasteiger partial charge in [-0.15, -0.1) is 0 Å². The standard InChI is InChI=1S/C34H53FN4O3/c1-23(2)24(3)30-21-38(6)31(22-37(30)5)32(41)36-29(20-26-12-14-28(35)15-13-26)33(42)39-18-16-34(17-19-39,25(4)40)27-10-8-7-9-11-27/h12-15,23-24,27,29-31H,7-11,16-22H2,1-6H3,(H,36,41)/t24?,29-,30?,31+/m1/s1. The van der Waals surface area contributed by atoms with Crippen LogP contribution in [0.1, 0.15) is 78.2 Å². The molecule has 1 N–H and O–H groups in total. The lowest BCUT2D eigenvalue weighted by Crippen LogP contribution is -2.64. The molecule has 234 valence electrons. The van der Waals surface area contributed by atoms with Crippen LogP contribution in [0.4, 0.5) is 4.39 Å². The summed E-state index contributed by atoms with van der Waals surface area (Å²) in [5.74, 6) is 1.08. The quantitative estimate of drug-likeness (QED) is 0.462. The molecule has 8 heteroatoms. The van der Waals surface area contributed by atoms with Gasteiger partial charge < -0.3 is 10.2 Å². The van der Waals surface area contributed by atoms with Gasteiger partial charge in [-0.1, -0.05) is 52.2 Å². The Bertz CT molecular complexity index is 1080. The summed E-state index contributed by atoms with van der Waals surface area (Å²) in [5, 5.41) is 3.11. The molecular weight excluding hydrogens is 531 g/mol. The zero-order valence-corrected chi connectivity index (χ0v) is 26.7. The number of piperidine rings is 1. The van der Waals surface area contributed by atoms with Gasteiger partial charge in [0, 0.05) is 44.1 Å². The van der Waals surface area contributed by atoms with E-state index in [1.54, 1.807) is 19.1 Å². The number of Topliss-reactive ketones (excluding diaryl/α,β-unsaturated/α-hetero) is 1. The third-order valence-corrected chi connectivity index (χ3v) is 11.0. The molecule has 2 heterocycles. The van der Waals surface area contributed by atoms with Crippen molar-refractivity contribution < 1.29 is 18.8 Å². The highest BCUT2D eigenvalue weighted by molar-refractivity contribution is 5.90. The second-order valence-corrected chi connectivity index (χ2v) is 13.8. The van der Waals surface area contributed by atoms with E-state index in [2.05, 4.69) is 42.9 Å². The Morgan fingerprint density at radius 2 is 1.57 bits per heavy atom. The number of likely N-dealkylation sites (N-methyl/N-ethyl adjacent to an activating group) is 2. The van der Waals surface area contributed by atoms with Gasteiger partial charge in [0.25, 0.3) is 0 Å². The molecule has 0 radical (unpaired) electrons. The lowest BCUT2D eigenvalue weighted by Gasteiger charge is -2.47. The molecule has 4 rings (SSSR count). The van der Waals surface area contributed by atoms with Crippen molar-refractivity contribution in [2.75, 3.05) is 40.3 Å². The third kappa shape index (κ3) is 7.24. The fourth-order valence-electron chi connectivity index (χ4n) is 7.78. The Balaban J connectivity index is 1.48. The Morgan fingerprint density at radius 3 is 2.14 bits per heavy atom. The first kappa shape index (κ1) is 32.6. The molecule has 0 aromatic heterocycles. The van der Waals surface area contributed by atoms with E-state index in [0.717, 1.165) is 24.9 Å². The molecule has 1 aliphatic carbocycles. The molecule has 2 saturated heterocycles. The molecule has 7 nitrogen and oxygen atoms in total. The minimum absolute atomic E-state index is 0.119. The van der Waals surface area contributed by atoms with Gasteiger partial charge in [-0.25, -0.2) is 4.39 Å². The number of rotatable bonds is 9. The molecule has 0 bridgehead atoms. The predicted octanol–water partition coefficient (Wildman–Crippen LogP) is 4.54. The third-order valence-electron chi connectivity index (χ3n) is 11.0. The zero-order chi connectivity index (χ0) is 30.6. The SMILES string of the molecule is CC(=O)C1(C2CCCCC2)CCN(C(=O)[C@@H](Cc2ccc(F)cc2)NC(=O)[C@@H]2CN(C)C(C(C)C(C)C)CN2C)CC1. The van der Waals surface area contributed by atoms with Crippen molar-refractivity contribution >= 4 is 17.6 Å². The fraction of sp³-hybridized carbons (Fsp3) is 0.735. The fourth-order valence-corrected chi connectivity index (χ4v) is 7.78. The molecule has 4 atom stereocenters. The van der Waals surface area contributed by atoms with Crippen LogP contribution in [0.3, 0.4) is 0 Å².